The van der Waals surface area contributed by atoms with Gasteiger partial charge >= 0.3 is 5.97 Å². The lowest BCUT2D eigenvalue weighted by Gasteiger charge is -2.42. The Morgan fingerprint density at radius 3 is 2.29 bits per heavy atom. The Bertz CT molecular complexity index is 1500. The van der Waals surface area contributed by atoms with Gasteiger partial charge in [-0.1, -0.05) is 87.2 Å². The van der Waals surface area contributed by atoms with Crippen LogP contribution in [0.15, 0.2) is 65.6 Å². The van der Waals surface area contributed by atoms with Gasteiger partial charge < -0.3 is 10.5 Å². The SMILES string of the molecule is CCCCC1CCC2CC(OC(=O)c3cc(SCc4ccccc4)c4c(c3N)C(=O)c3ccccc3C4=O)CCC2C1. The Morgan fingerprint density at radius 2 is 1.55 bits per heavy atom. The summed E-state index contributed by atoms with van der Waals surface area (Å²) in [5, 5.41) is 0. The molecule has 3 aliphatic rings. The minimum absolute atomic E-state index is 0.0389. The number of ether oxygens (including phenoxy) is 1. The second-order valence-electron chi connectivity index (χ2n) is 12.2. The highest BCUT2D eigenvalue weighted by Crippen LogP contribution is 2.45. The third kappa shape index (κ3) is 5.66. The Hall–Kier alpha value is -3.38. The molecule has 0 bridgehead atoms. The number of nitrogen functional groups attached to an aromatic ring is 1. The monoisotopic (exact) mass is 581 g/mol. The van der Waals surface area contributed by atoms with E-state index in [1.807, 2.05) is 30.3 Å². The minimum Gasteiger partial charge on any atom is -0.459 e. The minimum atomic E-state index is -0.504. The molecule has 3 aromatic carbocycles. The first kappa shape index (κ1) is 28.7. The Balaban J connectivity index is 1.26. The number of carbonyl (C=O) groups excluding carboxylic acids is 3. The molecule has 0 radical (unpaired) electrons. The van der Waals surface area contributed by atoms with E-state index in [0.29, 0.717) is 27.7 Å². The van der Waals surface area contributed by atoms with Crippen LogP contribution >= 0.6 is 11.8 Å². The first-order valence-corrected chi connectivity index (χ1v) is 16.5. The van der Waals surface area contributed by atoms with Crippen LogP contribution in [0.2, 0.25) is 0 Å². The quantitative estimate of drug-likeness (QED) is 0.128. The lowest BCUT2D eigenvalue weighted by molar-refractivity contribution is -0.00620. The van der Waals surface area contributed by atoms with Crippen LogP contribution in [0.25, 0.3) is 0 Å². The van der Waals surface area contributed by atoms with Crippen molar-refractivity contribution in [3.63, 3.8) is 0 Å². The summed E-state index contributed by atoms with van der Waals surface area (Å²) in [7, 11) is 0. The molecule has 0 heterocycles. The van der Waals surface area contributed by atoms with E-state index in [1.54, 1.807) is 30.3 Å². The molecular weight excluding hydrogens is 542 g/mol. The molecule has 2 saturated carbocycles. The normalized spacial score (nSPS) is 23.1. The van der Waals surface area contributed by atoms with Gasteiger partial charge in [-0.25, -0.2) is 4.79 Å². The highest BCUT2D eigenvalue weighted by Gasteiger charge is 2.39. The van der Waals surface area contributed by atoms with Crippen LogP contribution < -0.4 is 5.73 Å². The maximum atomic E-state index is 13.7. The fourth-order valence-corrected chi connectivity index (χ4v) is 8.38. The second kappa shape index (κ2) is 12.5. The molecule has 42 heavy (non-hydrogen) atoms. The number of esters is 1. The number of rotatable bonds is 8. The fourth-order valence-electron chi connectivity index (χ4n) is 7.32. The van der Waals surface area contributed by atoms with Crippen molar-refractivity contribution in [2.75, 3.05) is 5.73 Å². The van der Waals surface area contributed by atoms with Crippen molar-refractivity contribution in [2.24, 2.45) is 17.8 Å². The van der Waals surface area contributed by atoms with Gasteiger partial charge in [-0.05, 0) is 61.5 Å². The molecule has 0 amide bonds. The highest BCUT2D eigenvalue weighted by atomic mass is 32.2. The number of anilines is 1. The van der Waals surface area contributed by atoms with Gasteiger partial charge in [0.15, 0.2) is 11.6 Å². The number of ketones is 2. The molecule has 4 unspecified atom stereocenters. The van der Waals surface area contributed by atoms with Gasteiger partial charge in [0.1, 0.15) is 6.10 Å². The third-order valence-corrected chi connectivity index (χ3v) is 10.7. The predicted molar refractivity (Wildman–Crippen MR) is 167 cm³/mol. The van der Waals surface area contributed by atoms with Gasteiger partial charge in [0.25, 0.3) is 0 Å². The largest absolute Gasteiger partial charge is 0.459 e. The third-order valence-electron chi connectivity index (χ3n) is 9.57. The average molecular weight is 582 g/mol. The first-order valence-electron chi connectivity index (χ1n) is 15.5. The van der Waals surface area contributed by atoms with Crippen LogP contribution in [0.3, 0.4) is 0 Å². The van der Waals surface area contributed by atoms with Crippen molar-refractivity contribution in [1.29, 1.82) is 0 Å². The van der Waals surface area contributed by atoms with Crippen LogP contribution in [-0.4, -0.2) is 23.6 Å². The second-order valence-corrected chi connectivity index (χ2v) is 13.3. The summed E-state index contributed by atoms with van der Waals surface area (Å²) < 4.78 is 6.11. The van der Waals surface area contributed by atoms with Gasteiger partial charge in [-0.2, -0.15) is 0 Å². The van der Waals surface area contributed by atoms with E-state index < -0.39 is 5.97 Å². The lowest BCUT2D eigenvalue weighted by atomic mass is 9.66. The van der Waals surface area contributed by atoms with E-state index in [1.165, 1.54) is 50.3 Å². The van der Waals surface area contributed by atoms with Crippen molar-refractivity contribution >= 4 is 35.0 Å². The average Bonchev–Trinajstić information content (AvgIpc) is 3.02. The molecular formula is C36H39NO4S. The number of unbranched alkanes of at least 4 members (excludes halogenated alkanes) is 1. The number of carbonyl (C=O) groups is 3. The van der Waals surface area contributed by atoms with Gasteiger partial charge in [-0.15, -0.1) is 11.8 Å². The number of nitrogens with two attached hydrogens (primary N) is 1. The van der Waals surface area contributed by atoms with E-state index in [9.17, 15) is 14.4 Å². The van der Waals surface area contributed by atoms with Crippen molar-refractivity contribution in [3.05, 3.63) is 94.0 Å². The number of hydrogen-bond donors (Lipinski definition) is 1. The zero-order valence-corrected chi connectivity index (χ0v) is 25.1. The Kier molecular flexibility index (Phi) is 8.53. The van der Waals surface area contributed by atoms with E-state index >= 15 is 0 Å². The zero-order valence-electron chi connectivity index (χ0n) is 24.3. The van der Waals surface area contributed by atoms with Crippen molar-refractivity contribution < 1.29 is 19.1 Å². The molecule has 218 valence electrons. The van der Waals surface area contributed by atoms with Crippen molar-refractivity contribution in [1.82, 2.24) is 0 Å². The van der Waals surface area contributed by atoms with E-state index in [-0.39, 0.29) is 40.0 Å². The number of thioether (sulfide) groups is 1. The maximum Gasteiger partial charge on any atom is 0.340 e. The van der Waals surface area contributed by atoms with Crippen LogP contribution in [0, 0.1) is 17.8 Å². The highest BCUT2D eigenvalue weighted by molar-refractivity contribution is 7.98. The number of fused-ring (bicyclic) bond motifs is 3. The molecule has 2 N–H and O–H groups in total. The molecule has 4 atom stereocenters. The number of benzene rings is 3. The van der Waals surface area contributed by atoms with Gasteiger partial charge in [0.05, 0.1) is 16.8 Å². The lowest BCUT2D eigenvalue weighted by Crippen LogP contribution is -2.35. The molecule has 0 spiro atoms. The van der Waals surface area contributed by atoms with Gasteiger partial charge in [0, 0.05) is 27.3 Å². The summed E-state index contributed by atoms with van der Waals surface area (Å²) in [6, 6.07) is 18.4. The molecule has 0 aromatic heterocycles. The molecule has 6 rings (SSSR count). The first-order chi connectivity index (χ1) is 20.4. The molecule has 3 aromatic rings. The summed E-state index contributed by atoms with van der Waals surface area (Å²) in [6.07, 6.45) is 10.4. The van der Waals surface area contributed by atoms with Crippen molar-refractivity contribution in [3.8, 4) is 0 Å². The molecule has 2 fully saturated rings. The van der Waals surface area contributed by atoms with E-state index in [4.69, 9.17) is 10.5 Å². The summed E-state index contributed by atoms with van der Waals surface area (Å²) in [5.74, 6) is 1.69. The smallest absolute Gasteiger partial charge is 0.340 e. The Labute approximate surface area is 252 Å². The molecule has 5 nitrogen and oxygen atoms in total. The van der Waals surface area contributed by atoms with Gasteiger partial charge in [0.2, 0.25) is 0 Å². The summed E-state index contributed by atoms with van der Waals surface area (Å²) in [5.41, 5.74) is 8.96. The van der Waals surface area contributed by atoms with Crippen molar-refractivity contribution in [2.45, 2.75) is 81.5 Å². The Morgan fingerprint density at radius 1 is 0.881 bits per heavy atom. The summed E-state index contributed by atoms with van der Waals surface area (Å²) >= 11 is 1.44. The van der Waals surface area contributed by atoms with Crippen LogP contribution in [0.4, 0.5) is 5.69 Å². The maximum absolute atomic E-state index is 13.7. The molecule has 0 saturated heterocycles. The number of hydrogen-bond acceptors (Lipinski definition) is 6. The molecule has 3 aliphatic carbocycles. The van der Waals surface area contributed by atoms with E-state index in [0.717, 1.165) is 36.7 Å². The molecule has 0 aliphatic heterocycles. The standard InChI is InChI=1S/C36H39NO4S/c1-2-3-9-22-14-15-25-19-26(17-16-24(25)18-22)41-36(40)29-20-30(42-21-23-10-5-4-6-11-23)31-32(33(29)37)35(39)28-13-8-7-12-27(28)34(31)38/h4-8,10-13,20,22,24-26H,2-3,9,14-19,21,37H2,1H3. The summed E-state index contributed by atoms with van der Waals surface area (Å²) in [6.45, 7) is 2.26. The van der Waals surface area contributed by atoms with Crippen LogP contribution in [-0.2, 0) is 10.5 Å². The van der Waals surface area contributed by atoms with Crippen LogP contribution in [0.1, 0.15) is 112 Å². The fraction of sp³-hybridized carbons (Fsp3) is 0.417. The van der Waals surface area contributed by atoms with Crippen LogP contribution in [0.5, 0.6) is 0 Å². The zero-order chi connectivity index (χ0) is 29.2. The van der Waals surface area contributed by atoms with Gasteiger partial charge in [-0.3, -0.25) is 9.59 Å². The van der Waals surface area contributed by atoms with E-state index in [2.05, 4.69) is 6.92 Å². The predicted octanol–water partition coefficient (Wildman–Crippen LogP) is 8.27. The topological polar surface area (TPSA) is 86.5 Å². The summed E-state index contributed by atoms with van der Waals surface area (Å²) in [4.78, 5) is 41.7. The molecule has 6 heteroatoms.